The van der Waals surface area contributed by atoms with Crippen molar-refractivity contribution < 1.29 is 8.63 Å². The van der Waals surface area contributed by atoms with Gasteiger partial charge in [-0.15, -0.1) is 0 Å². The van der Waals surface area contributed by atoms with Gasteiger partial charge in [0.1, 0.15) is 0 Å². The smallest absolute Gasteiger partial charge is 0.332 e. The molecule has 3 rings (SSSR count). The third kappa shape index (κ3) is 1.88. The zero-order chi connectivity index (χ0) is 12.5. The van der Waals surface area contributed by atoms with E-state index in [0.717, 1.165) is 15.1 Å². The number of para-hydroxylation sites is 1. The maximum absolute atomic E-state index is 12.7. The van der Waals surface area contributed by atoms with Crippen LogP contribution in [0.4, 0.5) is 8.63 Å². The molecule has 0 amide bonds. The standard InChI is InChI=1S/C13H9BF2N2/c15-14(16)18-7-3-5-12(18)9-11-8-10-4-1-2-6-13(10)17-11/h1-9H/b11-9+. The summed E-state index contributed by atoms with van der Waals surface area (Å²) in [4.78, 5) is 4.37. The average molecular weight is 242 g/mol. The molecule has 0 bridgehead atoms. The second-order valence-electron chi connectivity index (χ2n) is 4.00. The van der Waals surface area contributed by atoms with Crippen LogP contribution < -0.4 is 10.6 Å². The summed E-state index contributed by atoms with van der Waals surface area (Å²) in [6.45, 7) is 0. The van der Waals surface area contributed by atoms with Gasteiger partial charge in [0.05, 0.1) is 11.1 Å². The van der Waals surface area contributed by atoms with Crippen LogP contribution in [-0.2, 0) is 0 Å². The van der Waals surface area contributed by atoms with Crippen molar-refractivity contribution in [1.29, 1.82) is 0 Å². The van der Waals surface area contributed by atoms with Crippen LogP contribution in [0.15, 0.2) is 53.3 Å². The van der Waals surface area contributed by atoms with E-state index in [1.807, 2.05) is 30.3 Å². The van der Waals surface area contributed by atoms with Gasteiger partial charge < -0.3 is 4.48 Å². The molecule has 2 heterocycles. The van der Waals surface area contributed by atoms with Crippen LogP contribution >= 0.6 is 0 Å². The fourth-order valence-electron chi connectivity index (χ4n) is 1.97. The van der Waals surface area contributed by atoms with E-state index in [1.165, 1.54) is 6.20 Å². The van der Waals surface area contributed by atoms with Gasteiger partial charge in [-0.2, -0.15) is 0 Å². The number of rotatable bonds is 2. The Balaban J connectivity index is 2.05. The molecule has 0 unspecified atom stereocenters. The van der Waals surface area contributed by atoms with Crippen LogP contribution in [0.1, 0.15) is 5.69 Å². The van der Waals surface area contributed by atoms with Crippen molar-refractivity contribution in [2.75, 3.05) is 0 Å². The van der Waals surface area contributed by atoms with E-state index in [9.17, 15) is 8.63 Å². The molecule has 5 heteroatoms. The molecule has 0 saturated carbocycles. The Labute approximate surface area is 103 Å². The molecule has 0 N–H and O–H groups in total. The summed E-state index contributed by atoms with van der Waals surface area (Å²) in [6, 6.07) is 10.9. The van der Waals surface area contributed by atoms with Crippen molar-refractivity contribution in [3.8, 4) is 0 Å². The molecule has 18 heavy (non-hydrogen) atoms. The van der Waals surface area contributed by atoms with Gasteiger partial charge in [0.2, 0.25) is 0 Å². The summed E-state index contributed by atoms with van der Waals surface area (Å²) in [5.74, 6) is 0. The van der Waals surface area contributed by atoms with E-state index in [0.29, 0.717) is 11.4 Å². The number of nitrogens with zero attached hydrogens (tertiary/aromatic N) is 2. The second kappa shape index (κ2) is 4.25. The van der Waals surface area contributed by atoms with Crippen molar-refractivity contribution in [2.24, 2.45) is 4.99 Å². The van der Waals surface area contributed by atoms with Crippen LogP contribution in [0.2, 0.25) is 0 Å². The molecule has 1 aromatic heterocycles. The Hall–Kier alpha value is -2.17. The lowest BCUT2D eigenvalue weighted by Crippen LogP contribution is -2.19. The van der Waals surface area contributed by atoms with Crippen molar-refractivity contribution in [2.45, 2.75) is 0 Å². The molecule has 1 aliphatic rings. The average Bonchev–Trinajstić information content (AvgIpc) is 2.94. The molecule has 0 saturated heterocycles. The van der Waals surface area contributed by atoms with Gasteiger partial charge in [0, 0.05) is 10.9 Å². The molecular formula is C13H9BF2N2. The highest BCUT2D eigenvalue weighted by Crippen LogP contribution is 2.12. The molecule has 88 valence electrons. The third-order valence-corrected chi connectivity index (χ3v) is 2.81. The van der Waals surface area contributed by atoms with Crippen molar-refractivity contribution in [3.63, 3.8) is 0 Å². The van der Waals surface area contributed by atoms with E-state index in [-0.39, 0.29) is 0 Å². The Morgan fingerprint density at radius 1 is 1.11 bits per heavy atom. The van der Waals surface area contributed by atoms with Crippen LogP contribution in [0.25, 0.3) is 12.2 Å². The molecule has 1 aromatic carbocycles. The minimum atomic E-state index is -2.53. The first-order valence-electron chi connectivity index (χ1n) is 5.56. The third-order valence-electron chi connectivity index (χ3n) is 2.81. The van der Waals surface area contributed by atoms with Gasteiger partial charge in [-0.05, 0) is 36.5 Å². The number of halogens is 2. The highest BCUT2D eigenvalue weighted by molar-refractivity contribution is 6.41. The SMILES string of the molecule is FB(F)n1cccc1/C=C1\C=c2ccccc2=N1. The highest BCUT2D eigenvalue weighted by Gasteiger charge is 2.18. The molecule has 2 nitrogen and oxygen atoms in total. The zero-order valence-corrected chi connectivity index (χ0v) is 9.42. The molecule has 0 aliphatic carbocycles. The lowest BCUT2D eigenvalue weighted by Gasteiger charge is -2.00. The van der Waals surface area contributed by atoms with E-state index in [2.05, 4.69) is 4.99 Å². The van der Waals surface area contributed by atoms with E-state index in [4.69, 9.17) is 0 Å². The van der Waals surface area contributed by atoms with Gasteiger partial charge in [0.15, 0.2) is 0 Å². The highest BCUT2D eigenvalue weighted by atomic mass is 19.2. The van der Waals surface area contributed by atoms with E-state index in [1.54, 1.807) is 18.2 Å². The number of benzene rings is 1. The minimum Gasteiger partial charge on any atom is -0.332 e. The van der Waals surface area contributed by atoms with Crippen molar-refractivity contribution in [1.82, 2.24) is 4.48 Å². The lowest BCUT2D eigenvalue weighted by atomic mass is 10.2. The number of hydrogen-bond acceptors (Lipinski definition) is 1. The molecule has 0 spiro atoms. The Morgan fingerprint density at radius 2 is 1.94 bits per heavy atom. The van der Waals surface area contributed by atoms with Crippen LogP contribution in [0.5, 0.6) is 0 Å². The first kappa shape index (κ1) is 11.0. The second-order valence-corrected chi connectivity index (χ2v) is 4.00. The van der Waals surface area contributed by atoms with Gasteiger partial charge in [0.25, 0.3) is 0 Å². The zero-order valence-electron chi connectivity index (χ0n) is 9.42. The Morgan fingerprint density at radius 3 is 2.72 bits per heavy atom. The molecular weight excluding hydrogens is 233 g/mol. The topological polar surface area (TPSA) is 17.3 Å². The summed E-state index contributed by atoms with van der Waals surface area (Å²) in [6.07, 6.45) is 4.91. The minimum absolute atomic E-state index is 0.452. The maximum Gasteiger partial charge on any atom is 0.677 e. The molecule has 0 atom stereocenters. The maximum atomic E-state index is 12.7. The summed E-state index contributed by atoms with van der Waals surface area (Å²) in [5, 5.41) is 1.89. The van der Waals surface area contributed by atoms with Gasteiger partial charge >= 0.3 is 7.40 Å². The largest absolute Gasteiger partial charge is 0.677 e. The van der Waals surface area contributed by atoms with Crippen LogP contribution in [-0.4, -0.2) is 11.9 Å². The number of hydrogen-bond donors (Lipinski definition) is 0. The number of fused-ring (bicyclic) bond motifs is 1. The predicted molar refractivity (Wildman–Crippen MR) is 67.5 cm³/mol. The van der Waals surface area contributed by atoms with Crippen molar-refractivity contribution >= 4 is 19.6 Å². The van der Waals surface area contributed by atoms with Crippen LogP contribution in [0, 0.1) is 0 Å². The number of aromatic nitrogens is 1. The van der Waals surface area contributed by atoms with Gasteiger partial charge in [-0.1, -0.05) is 18.2 Å². The Kier molecular flexibility index (Phi) is 2.59. The first-order valence-corrected chi connectivity index (χ1v) is 5.56. The molecule has 0 radical (unpaired) electrons. The van der Waals surface area contributed by atoms with Gasteiger partial charge in [-0.3, -0.25) is 8.63 Å². The molecule has 1 aliphatic heterocycles. The van der Waals surface area contributed by atoms with Gasteiger partial charge in [-0.25, -0.2) is 4.99 Å². The summed E-state index contributed by atoms with van der Waals surface area (Å²) in [7, 11) is -2.53. The summed E-state index contributed by atoms with van der Waals surface area (Å²) < 4.78 is 26.3. The molecule has 2 aromatic rings. The van der Waals surface area contributed by atoms with Crippen LogP contribution in [0.3, 0.4) is 0 Å². The monoisotopic (exact) mass is 242 g/mol. The molecule has 0 fully saturated rings. The van der Waals surface area contributed by atoms with E-state index < -0.39 is 7.40 Å². The fraction of sp³-hybridized carbons (Fsp3) is 0. The van der Waals surface area contributed by atoms with E-state index >= 15 is 0 Å². The summed E-state index contributed by atoms with van der Waals surface area (Å²) in [5.41, 5.74) is 1.14. The summed E-state index contributed by atoms with van der Waals surface area (Å²) >= 11 is 0. The fourth-order valence-corrected chi connectivity index (χ4v) is 1.97. The van der Waals surface area contributed by atoms with Crippen molar-refractivity contribution in [3.05, 3.63) is 64.6 Å². The lowest BCUT2D eigenvalue weighted by molar-refractivity contribution is 0.629. The predicted octanol–water partition coefficient (Wildman–Crippen LogP) is 1.71. The normalized spacial score (nSPS) is 15.1. The Bertz CT molecular complexity index is 694. The first-order chi connectivity index (χ1) is 8.74. The quantitative estimate of drug-likeness (QED) is 0.713. The number of allylic oxidation sites excluding steroid dienone is 1.